The summed E-state index contributed by atoms with van der Waals surface area (Å²) in [5.74, 6) is -1.40. The predicted molar refractivity (Wildman–Crippen MR) is 88.3 cm³/mol. The van der Waals surface area contributed by atoms with Gasteiger partial charge in [0.1, 0.15) is 0 Å². The lowest BCUT2D eigenvalue weighted by Crippen LogP contribution is -2.31. The molecule has 2 aromatic rings. The van der Waals surface area contributed by atoms with Gasteiger partial charge < -0.3 is 4.84 Å². The van der Waals surface area contributed by atoms with E-state index in [4.69, 9.17) is 4.84 Å². The molecule has 24 heavy (non-hydrogen) atoms. The number of ketones is 1. The van der Waals surface area contributed by atoms with Gasteiger partial charge in [0.05, 0.1) is 5.92 Å². The first-order valence-electron chi connectivity index (χ1n) is 7.68. The molecule has 0 unspecified atom stereocenters. The SMILES string of the molecule is CC(C)C(=O)ON(C)C(=O)c1ccc2c(c1)C(=O)c1ccccc1-2. The molecule has 1 aliphatic carbocycles. The normalized spacial score (nSPS) is 11.9. The Bertz CT molecular complexity index is 854. The highest BCUT2D eigenvalue weighted by molar-refractivity contribution is 6.22. The summed E-state index contributed by atoms with van der Waals surface area (Å²) in [4.78, 5) is 41.5. The molecule has 0 heterocycles. The second kappa shape index (κ2) is 5.92. The Morgan fingerprint density at radius 2 is 1.58 bits per heavy atom. The Morgan fingerprint density at radius 1 is 0.958 bits per heavy atom. The molecule has 0 atom stereocenters. The Morgan fingerprint density at radius 3 is 2.25 bits per heavy atom. The van der Waals surface area contributed by atoms with Crippen molar-refractivity contribution in [1.29, 1.82) is 0 Å². The molecule has 1 amide bonds. The van der Waals surface area contributed by atoms with Gasteiger partial charge in [0.25, 0.3) is 5.91 Å². The monoisotopic (exact) mass is 323 g/mol. The van der Waals surface area contributed by atoms with Crippen molar-refractivity contribution in [3.05, 3.63) is 59.2 Å². The molecule has 5 nitrogen and oxygen atoms in total. The van der Waals surface area contributed by atoms with E-state index in [1.165, 1.54) is 7.05 Å². The molecule has 0 radical (unpaired) electrons. The van der Waals surface area contributed by atoms with Crippen molar-refractivity contribution in [2.24, 2.45) is 5.92 Å². The maximum atomic E-state index is 12.5. The van der Waals surface area contributed by atoms with E-state index >= 15 is 0 Å². The summed E-state index contributed by atoms with van der Waals surface area (Å²) in [6.45, 7) is 3.37. The highest BCUT2D eigenvalue weighted by atomic mass is 16.7. The molecule has 0 bridgehead atoms. The van der Waals surface area contributed by atoms with Crippen LogP contribution < -0.4 is 0 Å². The van der Waals surface area contributed by atoms with Gasteiger partial charge in [0.15, 0.2) is 5.78 Å². The average Bonchev–Trinajstić information content (AvgIpc) is 2.86. The number of fused-ring (bicyclic) bond motifs is 3. The third kappa shape index (κ3) is 2.58. The molecule has 0 spiro atoms. The van der Waals surface area contributed by atoms with Crippen LogP contribution in [0.4, 0.5) is 0 Å². The summed E-state index contributed by atoms with van der Waals surface area (Å²) < 4.78 is 0. The molecule has 1 aliphatic rings. The molecule has 0 saturated carbocycles. The number of hydrogen-bond donors (Lipinski definition) is 0. The third-order valence-electron chi connectivity index (χ3n) is 3.96. The van der Waals surface area contributed by atoms with E-state index in [0.29, 0.717) is 16.7 Å². The summed E-state index contributed by atoms with van der Waals surface area (Å²) >= 11 is 0. The lowest BCUT2D eigenvalue weighted by molar-refractivity contribution is -0.177. The van der Waals surface area contributed by atoms with Crippen molar-refractivity contribution < 1.29 is 19.2 Å². The van der Waals surface area contributed by atoms with Crippen LogP contribution in [-0.4, -0.2) is 29.8 Å². The molecular formula is C19H17NO4. The molecule has 5 heteroatoms. The smallest absolute Gasteiger partial charge is 0.335 e. The summed E-state index contributed by atoms with van der Waals surface area (Å²) in [6, 6.07) is 12.3. The van der Waals surface area contributed by atoms with Crippen LogP contribution >= 0.6 is 0 Å². The number of hydrogen-bond acceptors (Lipinski definition) is 4. The fraction of sp³-hybridized carbons (Fsp3) is 0.211. The van der Waals surface area contributed by atoms with Gasteiger partial charge >= 0.3 is 5.97 Å². The number of amides is 1. The number of nitrogens with zero attached hydrogens (tertiary/aromatic N) is 1. The van der Waals surface area contributed by atoms with Gasteiger partial charge in [-0.1, -0.05) is 44.2 Å². The highest BCUT2D eigenvalue weighted by Gasteiger charge is 2.28. The molecular weight excluding hydrogens is 306 g/mol. The largest absolute Gasteiger partial charge is 0.338 e. The van der Waals surface area contributed by atoms with Crippen molar-refractivity contribution in [1.82, 2.24) is 5.06 Å². The molecule has 0 aromatic heterocycles. The zero-order valence-electron chi connectivity index (χ0n) is 13.7. The lowest BCUT2D eigenvalue weighted by atomic mass is 10.0. The number of hydroxylamine groups is 2. The lowest BCUT2D eigenvalue weighted by Gasteiger charge is -2.17. The van der Waals surface area contributed by atoms with Crippen molar-refractivity contribution in [3.63, 3.8) is 0 Å². The van der Waals surface area contributed by atoms with Crippen molar-refractivity contribution in [2.45, 2.75) is 13.8 Å². The number of benzene rings is 2. The Hall–Kier alpha value is -2.95. The van der Waals surface area contributed by atoms with Crippen LogP contribution in [0.3, 0.4) is 0 Å². The van der Waals surface area contributed by atoms with Crippen molar-refractivity contribution in [2.75, 3.05) is 7.05 Å². The highest BCUT2D eigenvalue weighted by Crippen LogP contribution is 2.36. The Kier molecular flexibility index (Phi) is 3.93. The number of carbonyl (C=O) groups excluding carboxylic acids is 3. The van der Waals surface area contributed by atoms with Gasteiger partial charge in [0.2, 0.25) is 0 Å². The van der Waals surface area contributed by atoms with Crippen LogP contribution in [0.15, 0.2) is 42.5 Å². The first kappa shape index (κ1) is 15.9. The van der Waals surface area contributed by atoms with Crippen molar-refractivity contribution >= 4 is 17.7 Å². The van der Waals surface area contributed by atoms with Gasteiger partial charge in [-0.05, 0) is 23.3 Å². The zero-order chi connectivity index (χ0) is 17.4. The summed E-state index contributed by atoms with van der Waals surface area (Å²) in [5, 5.41) is 0.899. The maximum Gasteiger partial charge on any atom is 0.335 e. The first-order chi connectivity index (χ1) is 11.4. The number of rotatable bonds is 2. The van der Waals surface area contributed by atoms with Gasteiger partial charge in [-0.15, -0.1) is 0 Å². The van der Waals surface area contributed by atoms with E-state index in [0.717, 1.165) is 16.2 Å². The second-order valence-electron chi connectivity index (χ2n) is 6.00. The molecule has 2 aromatic carbocycles. The predicted octanol–water partition coefficient (Wildman–Crippen LogP) is 3.08. The minimum Gasteiger partial charge on any atom is -0.338 e. The van der Waals surface area contributed by atoms with Gasteiger partial charge in [-0.2, -0.15) is 5.06 Å². The van der Waals surface area contributed by atoms with E-state index in [9.17, 15) is 14.4 Å². The molecule has 0 N–H and O–H groups in total. The van der Waals surface area contributed by atoms with Crippen LogP contribution in [0.5, 0.6) is 0 Å². The van der Waals surface area contributed by atoms with Crippen LogP contribution in [0.1, 0.15) is 40.1 Å². The van der Waals surface area contributed by atoms with Gasteiger partial charge in [-0.3, -0.25) is 9.59 Å². The van der Waals surface area contributed by atoms with Crippen LogP contribution in [-0.2, 0) is 9.63 Å². The fourth-order valence-corrected chi connectivity index (χ4v) is 2.62. The van der Waals surface area contributed by atoms with E-state index in [-0.39, 0.29) is 11.7 Å². The molecule has 0 fully saturated rings. The molecule has 0 aliphatic heterocycles. The van der Waals surface area contributed by atoms with E-state index in [1.807, 2.05) is 18.2 Å². The van der Waals surface area contributed by atoms with E-state index < -0.39 is 11.9 Å². The summed E-state index contributed by atoms with van der Waals surface area (Å²) in [6.07, 6.45) is 0. The number of carbonyl (C=O) groups is 3. The third-order valence-corrected chi connectivity index (χ3v) is 3.96. The zero-order valence-corrected chi connectivity index (χ0v) is 13.7. The topological polar surface area (TPSA) is 63.7 Å². The van der Waals surface area contributed by atoms with Gasteiger partial charge in [0, 0.05) is 23.7 Å². The van der Waals surface area contributed by atoms with E-state index in [1.54, 1.807) is 38.1 Å². The maximum absolute atomic E-state index is 12.5. The second-order valence-corrected chi connectivity index (χ2v) is 6.00. The first-order valence-corrected chi connectivity index (χ1v) is 7.68. The summed E-state index contributed by atoms with van der Waals surface area (Å²) in [7, 11) is 1.38. The molecule has 0 saturated heterocycles. The van der Waals surface area contributed by atoms with Crippen LogP contribution in [0.2, 0.25) is 0 Å². The Balaban J connectivity index is 1.89. The summed E-state index contributed by atoms with van der Waals surface area (Å²) in [5.41, 5.74) is 3.11. The van der Waals surface area contributed by atoms with Crippen LogP contribution in [0.25, 0.3) is 11.1 Å². The van der Waals surface area contributed by atoms with Gasteiger partial charge in [-0.25, -0.2) is 4.79 Å². The van der Waals surface area contributed by atoms with Crippen LogP contribution in [0, 0.1) is 5.92 Å². The standard InChI is InChI=1S/C19H17NO4/c1-11(2)19(23)24-20(3)18(22)12-8-9-14-13-6-4-5-7-15(13)17(21)16(14)10-12/h4-11H,1-3H3. The van der Waals surface area contributed by atoms with Crippen molar-refractivity contribution in [3.8, 4) is 11.1 Å². The fourth-order valence-electron chi connectivity index (χ4n) is 2.62. The Labute approximate surface area is 139 Å². The molecule has 3 rings (SSSR count). The molecule has 122 valence electrons. The quantitative estimate of drug-likeness (QED) is 0.680. The minimum absolute atomic E-state index is 0.0999. The van der Waals surface area contributed by atoms with E-state index in [2.05, 4.69) is 0 Å². The minimum atomic E-state index is -0.490. The average molecular weight is 323 g/mol.